The van der Waals surface area contributed by atoms with Crippen molar-refractivity contribution in [3.63, 3.8) is 0 Å². The maximum atomic E-state index is 11.4. The van der Waals surface area contributed by atoms with Crippen molar-refractivity contribution in [1.82, 2.24) is 15.5 Å². The summed E-state index contributed by atoms with van der Waals surface area (Å²) < 4.78 is 0. The van der Waals surface area contributed by atoms with E-state index in [0.717, 1.165) is 6.54 Å². The number of carbonyl (C=O) groups excluding carboxylic acids is 1. The molecule has 18 heavy (non-hydrogen) atoms. The second-order valence-corrected chi connectivity index (χ2v) is 5.32. The minimum Gasteiger partial charge on any atom is -0.479 e. The standard InChI is InChI=1S/C11H23N3O4/c1-11(2,7-14(3)4)6-13-10(18)12-5-8(15)9(16)17/h8,15H,5-7H2,1-4H3,(H,16,17)(H2,12,13,18). The summed E-state index contributed by atoms with van der Waals surface area (Å²) in [5, 5.41) is 22.3. The number of carbonyl (C=O) groups is 2. The van der Waals surface area contributed by atoms with Crippen molar-refractivity contribution in [3.8, 4) is 0 Å². The lowest BCUT2D eigenvalue weighted by atomic mass is 9.93. The number of aliphatic hydroxyl groups is 1. The molecule has 0 spiro atoms. The summed E-state index contributed by atoms with van der Waals surface area (Å²) in [5.74, 6) is -1.36. The molecule has 0 saturated heterocycles. The van der Waals surface area contributed by atoms with Gasteiger partial charge in [-0.3, -0.25) is 0 Å². The highest BCUT2D eigenvalue weighted by Gasteiger charge is 2.20. The van der Waals surface area contributed by atoms with Gasteiger partial charge in [0.1, 0.15) is 0 Å². The molecule has 0 aromatic heterocycles. The molecule has 7 heteroatoms. The number of carboxylic acids is 1. The van der Waals surface area contributed by atoms with Crippen molar-refractivity contribution < 1.29 is 19.8 Å². The van der Waals surface area contributed by atoms with Gasteiger partial charge in [0, 0.05) is 13.1 Å². The van der Waals surface area contributed by atoms with Crippen LogP contribution >= 0.6 is 0 Å². The van der Waals surface area contributed by atoms with Gasteiger partial charge in [0.25, 0.3) is 0 Å². The number of nitrogens with zero attached hydrogens (tertiary/aromatic N) is 1. The van der Waals surface area contributed by atoms with Crippen LogP contribution in [-0.4, -0.2) is 66.9 Å². The Balaban J connectivity index is 3.93. The van der Waals surface area contributed by atoms with Crippen molar-refractivity contribution in [2.45, 2.75) is 20.0 Å². The summed E-state index contributed by atoms with van der Waals surface area (Å²) in [6.45, 7) is 4.99. The average Bonchev–Trinajstić information content (AvgIpc) is 2.21. The van der Waals surface area contributed by atoms with Crippen molar-refractivity contribution in [1.29, 1.82) is 0 Å². The number of rotatable bonds is 7. The Morgan fingerprint density at radius 3 is 2.28 bits per heavy atom. The van der Waals surface area contributed by atoms with Gasteiger partial charge in [-0.05, 0) is 19.5 Å². The van der Waals surface area contributed by atoms with Crippen LogP contribution in [0.3, 0.4) is 0 Å². The smallest absolute Gasteiger partial charge is 0.334 e. The van der Waals surface area contributed by atoms with Gasteiger partial charge in [0.15, 0.2) is 6.10 Å². The Bertz CT molecular complexity index is 292. The SMILES string of the molecule is CN(C)CC(C)(C)CNC(=O)NCC(O)C(=O)O. The second kappa shape index (κ2) is 7.17. The zero-order valence-corrected chi connectivity index (χ0v) is 11.4. The molecule has 106 valence electrons. The molecule has 0 aliphatic heterocycles. The lowest BCUT2D eigenvalue weighted by molar-refractivity contribution is -0.146. The predicted octanol–water partition coefficient (Wildman–Crippen LogP) is -0.681. The van der Waals surface area contributed by atoms with E-state index in [9.17, 15) is 9.59 Å². The maximum absolute atomic E-state index is 11.4. The first kappa shape index (κ1) is 16.7. The van der Waals surface area contributed by atoms with Crippen LogP contribution in [0.5, 0.6) is 0 Å². The summed E-state index contributed by atoms with van der Waals surface area (Å²) in [5.41, 5.74) is -0.0910. The van der Waals surface area contributed by atoms with Gasteiger partial charge in [-0.2, -0.15) is 0 Å². The van der Waals surface area contributed by atoms with Crippen LogP contribution in [0.4, 0.5) is 4.79 Å². The van der Waals surface area contributed by atoms with Gasteiger partial charge in [-0.25, -0.2) is 9.59 Å². The molecule has 4 N–H and O–H groups in total. The first-order valence-electron chi connectivity index (χ1n) is 5.71. The van der Waals surface area contributed by atoms with Gasteiger partial charge < -0.3 is 25.7 Å². The van der Waals surface area contributed by atoms with Crippen LogP contribution in [0.25, 0.3) is 0 Å². The number of hydrogen-bond acceptors (Lipinski definition) is 4. The Hall–Kier alpha value is -1.34. The lowest BCUT2D eigenvalue weighted by Crippen LogP contribution is -2.46. The molecule has 0 saturated carbocycles. The summed E-state index contributed by atoms with van der Waals surface area (Å²) in [6.07, 6.45) is -1.58. The van der Waals surface area contributed by atoms with Crippen molar-refractivity contribution >= 4 is 12.0 Å². The molecule has 0 heterocycles. The largest absolute Gasteiger partial charge is 0.479 e. The van der Waals surface area contributed by atoms with Crippen LogP contribution in [0.15, 0.2) is 0 Å². The van der Waals surface area contributed by atoms with Crippen molar-refractivity contribution in [2.75, 3.05) is 33.7 Å². The number of aliphatic carboxylic acids is 1. The van der Waals surface area contributed by atoms with E-state index < -0.39 is 18.1 Å². The molecule has 0 bridgehead atoms. The quantitative estimate of drug-likeness (QED) is 0.486. The molecular weight excluding hydrogens is 238 g/mol. The van der Waals surface area contributed by atoms with Gasteiger partial charge in [-0.1, -0.05) is 13.8 Å². The van der Waals surface area contributed by atoms with Gasteiger partial charge >= 0.3 is 12.0 Å². The van der Waals surface area contributed by atoms with E-state index >= 15 is 0 Å². The monoisotopic (exact) mass is 261 g/mol. The van der Waals surface area contributed by atoms with Crippen LogP contribution in [-0.2, 0) is 4.79 Å². The predicted molar refractivity (Wildman–Crippen MR) is 67.4 cm³/mol. The molecular formula is C11H23N3O4. The number of nitrogens with one attached hydrogen (secondary N) is 2. The summed E-state index contributed by atoms with van der Waals surface area (Å²) in [7, 11) is 3.90. The highest BCUT2D eigenvalue weighted by Crippen LogP contribution is 2.13. The number of urea groups is 1. The molecule has 0 radical (unpaired) electrons. The zero-order valence-electron chi connectivity index (χ0n) is 11.4. The molecule has 0 aromatic rings. The third-order valence-corrected chi connectivity index (χ3v) is 2.21. The lowest BCUT2D eigenvalue weighted by Gasteiger charge is -2.28. The second-order valence-electron chi connectivity index (χ2n) is 5.32. The van der Waals surface area contributed by atoms with E-state index in [-0.39, 0.29) is 12.0 Å². The number of amides is 2. The van der Waals surface area contributed by atoms with Crippen molar-refractivity contribution in [3.05, 3.63) is 0 Å². The summed E-state index contributed by atoms with van der Waals surface area (Å²) >= 11 is 0. The minimum atomic E-state index is -1.58. The highest BCUT2D eigenvalue weighted by atomic mass is 16.4. The van der Waals surface area contributed by atoms with E-state index in [4.69, 9.17) is 10.2 Å². The minimum absolute atomic E-state index is 0.0910. The van der Waals surface area contributed by atoms with Crippen LogP contribution < -0.4 is 10.6 Å². The molecule has 1 atom stereocenters. The first-order valence-corrected chi connectivity index (χ1v) is 5.71. The van der Waals surface area contributed by atoms with Crippen LogP contribution in [0.1, 0.15) is 13.8 Å². The topological polar surface area (TPSA) is 102 Å². The average molecular weight is 261 g/mol. The molecule has 0 aliphatic carbocycles. The Kier molecular flexibility index (Phi) is 6.64. The van der Waals surface area contributed by atoms with E-state index in [1.165, 1.54) is 0 Å². The molecule has 1 unspecified atom stereocenters. The fraction of sp³-hybridized carbons (Fsp3) is 0.818. The molecule has 7 nitrogen and oxygen atoms in total. The maximum Gasteiger partial charge on any atom is 0.334 e. The molecule has 0 aliphatic rings. The third kappa shape index (κ3) is 7.86. The van der Waals surface area contributed by atoms with Crippen LogP contribution in [0, 0.1) is 5.41 Å². The Morgan fingerprint density at radius 1 is 1.28 bits per heavy atom. The summed E-state index contributed by atoms with van der Waals surface area (Å²) in [4.78, 5) is 23.7. The van der Waals surface area contributed by atoms with E-state index in [1.54, 1.807) is 0 Å². The normalized spacial score (nSPS) is 13.2. The van der Waals surface area contributed by atoms with E-state index in [2.05, 4.69) is 10.6 Å². The molecule has 0 fully saturated rings. The first-order chi connectivity index (χ1) is 8.14. The highest BCUT2D eigenvalue weighted by molar-refractivity contribution is 5.76. The van der Waals surface area contributed by atoms with Crippen molar-refractivity contribution in [2.24, 2.45) is 5.41 Å². The molecule has 2 amide bonds. The van der Waals surface area contributed by atoms with Gasteiger partial charge in [0.05, 0.1) is 6.54 Å². The third-order valence-electron chi connectivity index (χ3n) is 2.21. The van der Waals surface area contributed by atoms with E-state index in [0.29, 0.717) is 6.54 Å². The Morgan fingerprint density at radius 2 is 1.83 bits per heavy atom. The number of carboxylic acid groups (broad SMARTS) is 1. The zero-order chi connectivity index (χ0) is 14.3. The molecule has 0 rings (SSSR count). The van der Waals surface area contributed by atoms with Gasteiger partial charge in [0.2, 0.25) is 0 Å². The summed E-state index contributed by atoms with van der Waals surface area (Å²) in [6, 6.07) is -0.484. The Labute approximate surface area is 107 Å². The van der Waals surface area contributed by atoms with E-state index in [1.807, 2.05) is 32.8 Å². The number of aliphatic hydroxyl groups excluding tert-OH is 1. The molecule has 0 aromatic carbocycles. The van der Waals surface area contributed by atoms with Crippen LogP contribution in [0.2, 0.25) is 0 Å². The fourth-order valence-electron chi connectivity index (χ4n) is 1.57. The van der Waals surface area contributed by atoms with Gasteiger partial charge in [-0.15, -0.1) is 0 Å². The fourth-order valence-corrected chi connectivity index (χ4v) is 1.57. The number of hydrogen-bond donors (Lipinski definition) is 4.